The molecule has 6 atom stereocenters. The highest BCUT2D eigenvalue weighted by Gasteiger charge is 2.46. The Morgan fingerprint density at radius 2 is 1.64 bits per heavy atom. The first-order valence-corrected chi connectivity index (χ1v) is 17.0. The van der Waals surface area contributed by atoms with E-state index in [1.807, 2.05) is 48.5 Å². The maximum absolute atomic E-state index is 12.7. The van der Waals surface area contributed by atoms with Crippen molar-refractivity contribution < 1.29 is 42.7 Å². The molecular weight excluding hydrogens is 606 g/mol. The fourth-order valence-electron chi connectivity index (χ4n) is 4.53. The monoisotopic (exact) mass is 634 g/mol. The van der Waals surface area contributed by atoms with Gasteiger partial charge in [0.2, 0.25) is 0 Å². The average molecular weight is 635 g/mol. The van der Waals surface area contributed by atoms with Gasteiger partial charge in [0.05, 0.1) is 12.8 Å². The first-order valence-electron chi connectivity index (χ1n) is 12.8. The van der Waals surface area contributed by atoms with Crippen LogP contribution >= 0.6 is 27.2 Å². The Labute approximate surface area is 244 Å². The van der Waals surface area contributed by atoms with Crippen LogP contribution in [-0.4, -0.2) is 54.5 Å². The quantitative estimate of drug-likeness (QED) is 0.107. The molecule has 3 unspecified atom stereocenters. The van der Waals surface area contributed by atoms with E-state index in [2.05, 4.69) is 9.29 Å². The average Bonchev–Trinajstić information content (AvgIpc) is 3.24. The van der Waals surface area contributed by atoms with Gasteiger partial charge in [0.25, 0.3) is 0 Å². The first kappa shape index (κ1) is 30.8. The van der Waals surface area contributed by atoms with Gasteiger partial charge < -0.3 is 24.7 Å². The van der Waals surface area contributed by atoms with Crippen molar-refractivity contribution in [1.29, 1.82) is 0 Å². The molecule has 0 bridgehead atoms. The lowest BCUT2D eigenvalue weighted by Gasteiger charge is -2.20. The summed E-state index contributed by atoms with van der Waals surface area (Å²) in [6.45, 7) is -0.788. The summed E-state index contributed by atoms with van der Waals surface area (Å²) in [6.07, 6.45) is -5.15. The summed E-state index contributed by atoms with van der Waals surface area (Å²) in [7, 11) is -9.79. The number of aliphatic hydroxyl groups is 2. The van der Waals surface area contributed by atoms with Crippen molar-refractivity contribution in [2.24, 2.45) is 0 Å². The second-order valence-corrected chi connectivity index (χ2v) is 14.0. The minimum absolute atomic E-state index is 0.433. The van der Waals surface area contributed by atoms with Crippen molar-refractivity contribution in [3.05, 3.63) is 107 Å². The topological polar surface area (TPSA) is 178 Å². The zero-order chi connectivity index (χ0) is 29.9. The third-order valence-electron chi connectivity index (χ3n) is 6.53. The molecule has 4 N–H and O–H groups in total. The lowest BCUT2D eigenvalue weighted by Crippen LogP contribution is -2.36. The van der Waals surface area contributed by atoms with E-state index >= 15 is 0 Å². The van der Waals surface area contributed by atoms with Crippen LogP contribution in [-0.2, 0) is 34.6 Å². The van der Waals surface area contributed by atoms with Crippen LogP contribution in [0.2, 0.25) is 0 Å². The number of thioether (sulfide) groups is 1. The maximum Gasteiger partial charge on any atom is 0.479 e. The van der Waals surface area contributed by atoms with Gasteiger partial charge in [-0.2, -0.15) is 4.98 Å². The Balaban J connectivity index is 1.19. The van der Waals surface area contributed by atoms with Crippen LogP contribution in [0.15, 0.2) is 94.9 Å². The molecule has 222 valence electrons. The Hall–Kier alpha value is -2.67. The summed E-state index contributed by atoms with van der Waals surface area (Å²) in [5.74, 6) is 0.587. The van der Waals surface area contributed by atoms with Crippen LogP contribution in [0.3, 0.4) is 0 Å². The highest BCUT2D eigenvalue weighted by Crippen LogP contribution is 2.61. The van der Waals surface area contributed by atoms with E-state index in [9.17, 15) is 33.9 Å². The van der Waals surface area contributed by atoms with Crippen molar-refractivity contribution in [3.8, 4) is 0 Å². The van der Waals surface area contributed by atoms with Gasteiger partial charge >= 0.3 is 21.1 Å². The zero-order valence-electron chi connectivity index (χ0n) is 21.9. The van der Waals surface area contributed by atoms with Crippen molar-refractivity contribution >= 4 is 38.0 Å². The van der Waals surface area contributed by atoms with Crippen LogP contribution in [0, 0.1) is 0 Å². The number of rotatable bonds is 11. The maximum atomic E-state index is 12.7. The fourth-order valence-corrected chi connectivity index (χ4v) is 8.08. The first-order chi connectivity index (χ1) is 20.0. The summed E-state index contributed by atoms with van der Waals surface area (Å²) in [6, 6.07) is 23.4. The lowest BCUT2D eigenvalue weighted by molar-refractivity contribution is -0.0542. The molecule has 0 saturated carbocycles. The summed E-state index contributed by atoms with van der Waals surface area (Å²) in [5, 5.41) is 22.9. The summed E-state index contributed by atoms with van der Waals surface area (Å²) in [4.78, 5) is 37.2. The SMILES string of the molecule is O=c1nc(SCc2ccccc2)ccn1[C@@H]1O[C@H](COP(=O)(O)OP(=O)(O)Cc2cccc3ccccc23)C(O)[C@@H]1O. The minimum atomic E-state index is -5.12. The number of nitrogens with zero attached hydrogens (tertiary/aromatic N) is 2. The van der Waals surface area contributed by atoms with Gasteiger partial charge in [-0.1, -0.05) is 72.8 Å². The smallest absolute Gasteiger partial charge is 0.387 e. The fraction of sp³-hybridized carbons (Fsp3) is 0.259. The van der Waals surface area contributed by atoms with Crippen LogP contribution in [0.4, 0.5) is 0 Å². The number of phosphoric acid groups is 1. The molecular formula is C27H28N2O10P2S. The number of hydrogen-bond donors (Lipinski definition) is 4. The molecule has 4 aromatic rings. The molecule has 2 heterocycles. The number of fused-ring (bicyclic) bond motifs is 1. The highest BCUT2D eigenvalue weighted by molar-refractivity contribution is 7.98. The van der Waals surface area contributed by atoms with Crippen molar-refractivity contribution in [2.75, 3.05) is 6.61 Å². The van der Waals surface area contributed by atoms with Gasteiger partial charge in [-0.25, -0.2) is 13.7 Å². The van der Waals surface area contributed by atoms with E-state index in [0.29, 0.717) is 21.7 Å². The number of ether oxygens (including phenoxy) is 1. The highest BCUT2D eigenvalue weighted by atomic mass is 32.2. The Morgan fingerprint density at radius 1 is 0.929 bits per heavy atom. The Bertz CT molecular complexity index is 1700. The standard InChI is InChI=1S/C27H28N2O10P2S/c30-24-22(15-37-41(35,36)39-40(33,34)16-20-11-6-10-19-9-4-5-12-21(19)20)38-26(25(24)31)29-14-13-23(28-27(29)32)42-17-18-7-2-1-3-8-18/h1-14,22,24-26,30-31H,15-17H2,(H,33,34)(H,35,36)/t22-,24?,25+,26-/m1/s1. The van der Waals surface area contributed by atoms with E-state index in [-0.39, 0.29) is 0 Å². The molecule has 0 radical (unpaired) electrons. The predicted octanol–water partition coefficient (Wildman–Crippen LogP) is 3.83. The zero-order valence-corrected chi connectivity index (χ0v) is 24.6. The molecule has 3 aromatic carbocycles. The summed E-state index contributed by atoms with van der Waals surface area (Å²) >= 11 is 1.34. The molecule has 0 aliphatic carbocycles. The summed E-state index contributed by atoms with van der Waals surface area (Å²) < 4.78 is 41.3. The van der Waals surface area contributed by atoms with Gasteiger partial charge in [-0.3, -0.25) is 13.7 Å². The number of aliphatic hydroxyl groups excluding tert-OH is 2. The number of hydrogen-bond acceptors (Lipinski definition) is 10. The second-order valence-electron chi connectivity index (χ2n) is 9.56. The predicted molar refractivity (Wildman–Crippen MR) is 155 cm³/mol. The molecule has 0 amide bonds. The number of aromatic nitrogens is 2. The van der Waals surface area contributed by atoms with E-state index in [4.69, 9.17) is 9.26 Å². The van der Waals surface area contributed by atoms with Crippen LogP contribution in [0.25, 0.3) is 10.8 Å². The normalized spacial score (nSPS) is 23.4. The van der Waals surface area contributed by atoms with Crippen LogP contribution in [0.1, 0.15) is 17.4 Å². The Morgan fingerprint density at radius 3 is 2.40 bits per heavy atom. The van der Waals surface area contributed by atoms with E-state index in [1.54, 1.807) is 30.3 Å². The van der Waals surface area contributed by atoms with Gasteiger partial charge in [0, 0.05) is 11.9 Å². The molecule has 0 spiro atoms. The van der Waals surface area contributed by atoms with Gasteiger partial charge in [0.1, 0.15) is 23.3 Å². The molecule has 15 heteroatoms. The molecule has 1 aliphatic heterocycles. The summed E-state index contributed by atoms with van der Waals surface area (Å²) in [5.41, 5.74) is 0.741. The molecule has 1 aromatic heterocycles. The third kappa shape index (κ3) is 7.45. The van der Waals surface area contributed by atoms with Crippen molar-refractivity contribution in [2.45, 2.75) is 41.5 Å². The van der Waals surface area contributed by atoms with E-state index in [0.717, 1.165) is 15.5 Å². The van der Waals surface area contributed by atoms with E-state index in [1.165, 1.54) is 18.0 Å². The molecule has 1 aliphatic rings. The van der Waals surface area contributed by atoms with Gasteiger partial charge in [-0.15, -0.1) is 11.8 Å². The lowest BCUT2D eigenvalue weighted by atomic mass is 10.1. The van der Waals surface area contributed by atoms with E-state index < -0.39 is 58.4 Å². The minimum Gasteiger partial charge on any atom is -0.387 e. The third-order valence-corrected chi connectivity index (χ3v) is 10.6. The van der Waals surface area contributed by atoms with Crippen molar-refractivity contribution in [1.82, 2.24) is 9.55 Å². The molecule has 5 rings (SSSR count). The van der Waals surface area contributed by atoms with Crippen LogP contribution in [0.5, 0.6) is 0 Å². The second kappa shape index (κ2) is 12.9. The molecule has 1 saturated heterocycles. The van der Waals surface area contributed by atoms with Crippen molar-refractivity contribution in [3.63, 3.8) is 0 Å². The molecule has 1 fully saturated rings. The van der Waals surface area contributed by atoms with Gasteiger partial charge in [0.15, 0.2) is 6.23 Å². The molecule has 42 heavy (non-hydrogen) atoms. The van der Waals surface area contributed by atoms with Crippen LogP contribution < -0.4 is 5.69 Å². The van der Waals surface area contributed by atoms with Gasteiger partial charge in [-0.05, 0) is 28.0 Å². The largest absolute Gasteiger partial charge is 0.479 e. The molecule has 12 nitrogen and oxygen atoms in total. The Kier molecular flexibility index (Phi) is 9.46. The number of phosphoric ester groups is 1. The number of benzene rings is 3.